The summed E-state index contributed by atoms with van der Waals surface area (Å²) in [5.41, 5.74) is 1.97. The van der Waals surface area contributed by atoms with Gasteiger partial charge in [0.2, 0.25) is 0 Å². The Bertz CT molecular complexity index is 540. The number of rotatable bonds is 4. The summed E-state index contributed by atoms with van der Waals surface area (Å²) in [5.74, 6) is 0.402. The van der Waals surface area contributed by atoms with E-state index in [0.29, 0.717) is 5.92 Å². The van der Waals surface area contributed by atoms with Gasteiger partial charge in [-0.1, -0.05) is 13.8 Å². The first-order valence-electron chi connectivity index (χ1n) is 5.95. The average Bonchev–Trinajstić information content (AvgIpc) is 2.85. The molecule has 0 aliphatic rings. The molecule has 2 aromatic rings. The van der Waals surface area contributed by atoms with Crippen molar-refractivity contribution in [2.75, 3.05) is 0 Å². The van der Waals surface area contributed by atoms with Gasteiger partial charge in [0.1, 0.15) is 0 Å². The molecule has 0 amide bonds. The van der Waals surface area contributed by atoms with Crippen LogP contribution in [-0.4, -0.2) is 9.97 Å². The van der Waals surface area contributed by atoms with Gasteiger partial charge in [0, 0.05) is 29.8 Å². The van der Waals surface area contributed by atoms with E-state index in [1.807, 2.05) is 23.7 Å². The van der Waals surface area contributed by atoms with Crippen molar-refractivity contribution in [2.24, 2.45) is 11.8 Å². The monoisotopic (exact) mass is 257 g/mol. The van der Waals surface area contributed by atoms with Crippen molar-refractivity contribution < 1.29 is 0 Å². The van der Waals surface area contributed by atoms with E-state index < -0.39 is 0 Å². The van der Waals surface area contributed by atoms with Gasteiger partial charge in [0.05, 0.1) is 22.7 Å². The molecule has 0 fully saturated rings. The third kappa shape index (κ3) is 2.93. The first kappa shape index (κ1) is 12.7. The standard InChI is InChI=1S/C14H15N3S/c1-10(2)12(7-15)6-14-17-13(9-18-14)11-4-3-5-16-8-11/h3-5,8-10,12H,6H2,1-2H3. The summed E-state index contributed by atoms with van der Waals surface area (Å²) < 4.78 is 0. The van der Waals surface area contributed by atoms with Crippen LogP contribution in [0.3, 0.4) is 0 Å². The highest BCUT2D eigenvalue weighted by atomic mass is 32.1. The average molecular weight is 257 g/mol. The van der Waals surface area contributed by atoms with Crippen molar-refractivity contribution in [1.82, 2.24) is 9.97 Å². The Balaban J connectivity index is 2.14. The van der Waals surface area contributed by atoms with E-state index in [1.165, 1.54) is 0 Å². The van der Waals surface area contributed by atoms with Gasteiger partial charge in [0.25, 0.3) is 0 Å². The second-order valence-corrected chi connectivity index (χ2v) is 5.49. The molecule has 0 spiro atoms. The predicted molar refractivity (Wildman–Crippen MR) is 73.0 cm³/mol. The Kier molecular flexibility index (Phi) is 4.06. The Labute approximate surface area is 111 Å². The van der Waals surface area contributed by atoms with Gasteiger partial charge in [-0.05, 0) is 18.1 Å². The maximum Gasteiger partial charge on any atom is 0.0945 e. The molecule has 0 aromatic carbocycles. The molecule has 0 aliphatic heterocycles. The lowest BCUT2D eigenvalue weighted by atomic mass is 9.94. The quantitative estimate of drug-likeness (QED) is 0.841. The van der Waals surface area contributed by atoms with Crippen LogP contribution in [-0.2, 0) is 6.42 Å². The number of thiazole rings is 1. The smallest absolute Gasteiger partial charge is 0.0945 e. The highest BCUT2D eigenvalue weighted by Gasteiger charge is 2.15. The molecule has 1 unspecified atom stereocenters. The van der Waals surface area contributed by atoms with Crippen molar-refractivity contribution in [3.05, 3.63) is 34.9 Å². The molecule has 0 N–H and O–H groups in total. The normalized spacial score (nSPS) is 12.3. The molecule has 92 valence electrons. The predicted octanol–water partition coefficient (Wildman–Crippen LogP) is 3.54. The molecule has 2 heterocycles. The highest BCUT2D eigenvalue weighted by Crippen LogP contribution is 2.24. The molecule has 1 atom stereocenters. The SMILES string of the molecule is CC(C)C(C#N)Cc1nc(-c2cccnc2)cs1. The molecule has 0 saturated carbocycles. The summed E-state index contributed by atoms with van der Waals surface area (Å²) in [6.45, 7) is 4.15. The number of pyridine rings is 1. The molecule has 4 heteroatoms. The zero-order valence-electron chi connectivity index (χ0n) is 10.5. The van der Waals surface area contributed by atoms with Gasteiger partial charge in [0.15, 0.2) is 0 Å². The number of nitriles is 1. The van der Waals surface area contributed by atoms with Gasteiger partial charge in [-0.15, -0.1) is 11.3 Å². The van der Waals surface area contributed by atoms with Gasteiger partial charge < -0.3 is 0 Å². The van der Waals surface area contributed by atoms with E-state index >= 15 is 0 Å². The topological polar surface area (TPSA) is 49.6 Å². The molecule has 0 saturated heterocycles. The summed E-state index contributed by atoms with van der Waals surface area (Å²) in [4.78, 5) is 8.67. The van der Waals surface area contributed by atoms with Gasteiger partial charge in [-0.25, -0.2) is 4.98 Å². The Morgan fingerprint density at radius 3 is 2.89 bits per heavy atom. The van der Waals surface area contributed by atoms with Crippen molar-refractivity contribution in [2.45, 2.75) is 20.3 Å². The van der Waals surface area contributed by atoms with E-state index in [0.717, 1.165) is 22.7 Å². The van der Waals surface area contributed by atoms with Crippen LogP contribution in [0, 0.1) is 23.2 Å². The fourth-order valence-electron chi connectivity index (χ4n) is 1.67. The molecule has 3 nitrogen and oxygen atoms in total. The minimum Gasteiger partial charge on any atom is -0.264 e. The summed E-state index contributed by atoms with van der Waals surface area (Å²) in [6, 6.07) is 6.25. The van der Waals surface area contributed by atoms with Crippen molar-refractivity contribution in [3.63, 3.8) is 0 Å². The number of aromatic nitrogens is 2. The Hall–Kier alpha value is -1.73. The first-order chi connectivity index (χ1) is 8.70. The van der Waals surface area contributed by atoms with E-state index in [2.05, 4.69) is 29.9 Å². The third-order valence-electron chi connectivity index (χ3n) is 2.87. The largest absolute Gasteiger partial charge is 0.264 e. The van der Waals surface area contributed by atoms with E-state index in [9.17, 15) is 0 Å². The van der Waals surface area contributed by atoms with Crippen LogP contribution in [0.4, 0.5) is 0 Å². The number of nitrogens with zero attached hydrogens (tertiary/aromatic N) is 3. The fourth-order valence-corrected chi connectivity index (χ4v) is 2.53. The van der Waals surface area contributed by atoms with Gasteiger partial charge >= 0.3 is 0 Å². The molecule has 18 heavy (non-hydrogen) atoms. The maximum atomic E-state index is 9.10. The zero-order valence-corrected chi connectivity index (χ0v) is 11.3. The lowest BCUT2D eigenvalue weighted by molar-refractivity contribution is 0.473. The number of hydrogen-bond acceptors (Lipinski definition) is 4. The third-order valence-corrected chi connectivity index (χ3v) is 3.75. The molecule has 0 aliphatic carbocycles. The van der Waals surface area contributed by atoms with Crippen LogP contribution in [0.1, 0.15) is 18.9 Å². The summed E-state index contributed by atoms with van der Waals surface area (Å²) in [7, 11) is 0. The van der Waals surface area contributed by atoms with Crippen LogP contribution in [0.2, 0.25) is 0 Å². The van der Waals surface area contributed by atoms with Gasteiger partial charge in [-0.3, -0.25) is 4.98 Å². The molecular formula is C14H15N3S. The second-order valence-electron chi connectivity index (χ2n) is 4.55. The molecule has 0 bridgehead atoms. The van der Waals surface area contributed by atoms with Crippen LogP contribution in [0.15, 0.2) is 29.9 Å². The summed E-state index contributed by atoms with van der Waals surface area (Å²) in [5, 5.41) is 12.1. The van der Waals surface area contributed by atoms with Crippen molar-refractivity contribution >= 4 is 11.3 Å². The highest BCUT2D eigenvalue weighted by molar-refractivity contribution is 7.09. The minimum absolute atomic E-state index is 0.0397. The summed E-state index contributed by atoms with van der Waals surface area (Å²) >= 11 is 1.62. The molecule has 2 aromatic heterocycles. The fraction of sp³-hybridized carbons (Fsp3) is 0.357. The molecule has 0 radical (unpaired) electrons. The van der Waals surface area contributed by atoms with E-state index in [1.54, 1.807) is 17.5 Å². The second kappa shape index (κ2) is 5.74. The van der Waals surface area contributed by atoms with Crippen molar-refractivity contribution in [1.29, 1.82) is 5.26 Å². The van der Waals surface area contributed by atoms with Crippen LogP contribution in [0.5, 0.6) is 0 Å². The first-order valence-corrected chi connectivity index (χ1v) is 6.83. The maximum absolute atomic E-state index is 9.10. The van der Waals surface area contributed by atoms with Crippen molar-refractivity contribution in [3.8, 4) is 17.3 Å². The Morgan fingerprint density at radius 2 is 2.28 bits per heavy atom. The zero-order chi connectivity index (χ0) is 13.0. The van der Waals surface area contributed by atoms with E-state index in [4.69, 9.17) is 5.26 Å². The number of hydrogen-bond donors (Lipinski definition) is 0. The lowest BCUT2D eigenvalue weighted by Gasteiger charge is -2.10. The Morgan fingerprint density at radius 1 is 1.44 bits per heavy atom. The van der Waals surface area contributed by atoms with Gasteiger partial charge in [-0.2, -0.15) is 5.26 Å². The van der Waals surface area contributed by atoms with Crippen LogP contribution in [0.25, 0.3) is 11.3 Å². The minimum atomic E-state index is 0.0397. The van der Waals surface area contributed by atoms with E-state index in [-0.39, 0.29) is 5.92 Å². The van der Waals surface area contributed by atoms with Crippen LogP contribution < -0.4 is 0 Å². The summed E-state index contributed by atoms with van der Waals surface area (Å²) in [6.07, 6.45) is 4.30. The lowest BCUT2D eigenvalue weighted by Crippen LogP contribution is -2.09. The molecule has 2 rings (SSSR count). The van der Waals surface area contributed by atoms with Crippen LogP contribution >= 0.6 is 11.3 Å². The molecular weight excluding hydrogens is 242 g/mol.